The van der Waals surface area contributed by atoms with E-state index < -0.39 is 0 Å². The van der Waals surface area contributed by atoms with Gasteiger partial charge in [-0.2, -0.15) is 0 Å². The minimum atomic E-state index is 0.232. The molecule has 0 amide bonds. The van der Waals surface area contributed by atoms with E-state index in [1.54, 1.807) is 0 Å². The summed E-state index contributed by atoms with van der Waals surface area (Å²) in [6.07, 6.45) is 5.91. The van der Waals surface area contributed by atoms with E-state index in [9.17, 15) is 0 Å². The second-order valence-electron chi connectivity index (χ2n) is 6.71. The smallest absolute Gasteiger partial charge is 0.0599 e. The molecule has 0 aromatic heterocycles. The van der Waals surface area contributed by atoms with Gasteiger partial charge in [0.05, 0.1) is 6.10 Å². The van der Waals surface area contributed by atoms with Crippen LogP contribution in [0.15, 0.2) is 24.3 Å². The summed E-state index contributed by atoms with van der Waals surface area (Å²) >= 11 is 0. The van der Waals surface area contributed by atoms with Crippen molar-refractivity contribution in [1.82, 2.24) is 4.90 Å². The van der Waals surface area contributed by atoms with Crippen molar-refractivity contribution in [3.8, 4) is 0 Å². The van der Waals surface area contributed by atoms with E-state index in [4.69, 9.17) is 9.84 Å². The molecule has 0 spiro atoms. The molecule has 1 saturated heterocycles. The lowest BCUT2D eigenvalue weighted by Gasteiger charge is -2.36. The molecule has 0 radical (unpaired) electrons. The molecule has 4 heteroatoms. The topological polar surface area (TPSA) is 35.9 Å². The summed E-state index contributed by atoms with van der Waals surface area (Å²) in [7, 11) is 0. The molecule has 3 rings (SSSR count). The first-order chi connectivity index (χ1) is 11.4. The number of aliphatic hydroxyl groups excluding tert-OH is 1. The third kappa shape index (κ3) is 4.69. The fraction of sp³-hybridized carbons (Fsp3) is 0.684. The van der Waals surface area contributed by atoms with Crippen LogP contribution in [0.2, 0.25) is 0 Å². The van der Waals surface area contributed by atoms with Crippen molar-refractivity contribution < 1.29 is 9.84 Å². The normalized spacial score (nSPS) is 19.8. The number of rotatable bonds is 7. The number of likely N-dealkylation sites (tertiary alicyclic amines) is 1. The maximum atomic E-state index is 8.81. The minimum Gasteiger partial charge on any atom is -0.396 e. The molecule has 4 nitrogen and oxygen atoms in total. The monoisotopic (exact) mass is 318 g/mol. The van der Waals surface area contributed by atoms with Crippen LogP contribution < -0.4 is 4.90 Å². The number of para-hydroxylation sites is 1. The lowest BCUT2D eigenvalue weighted by Crippen LogP contribution is -2.42. The van der Waals surface area contributed by atoms with Gasteiger partial charge in [0, 0.05) is 51.6 Å². The standard InChI is InChI=1S/C19H30N2O2/c22-15-4-16-23-18-8-11-20(12-9-18)13-14-21-10-3-6-17-5-1-2-7-19(17)21/h1-2,5,7,18,22H,3-4,6,8-16H2. The Balaban J connectivity index is 1.41. The fourth-order valence-electron chi connectivity index (χ4n) is 3.72. The fourth-order valence-corrected chi connectivity index (χ4v) is 3.72. The Morgan fingerprint density at radius 1 is 1.09 bits per heavy atom. The minimum absolute atomic E-state index is 0.232. The number of ether oxygens (including phenoxy) is 1. The highest BCUT2D eigenvalue weighted by Crippen LogP contribution is 2.26. The van der Waals surface area contributed by atoms with E-state index in [1.165, 1.54) is 30.6 Å². The zero-order valence-corrected chi connectivity index (χ0v) is 14.1. The highest BCUT2D eigenvalue weighted by Gasteiger charge is 2.21. The van der Waals surface area contributed by atoms with Crippen LogP contribution in [-0.2, 0) is 11.2 Å². The van der Waals surface area contributed by atoms with Crippen molar-refractivity contribution in [3.05, 3.63) is 29.8 Å². The number of hydrogen-bond acceptors (Lipinski definition) is 4. The number of piperidine rings is 1. The first kappa shape index (κ1) is 16.7. The summed E-state index contributed by atoms with van der Waals surface area (Å²) in [4.78, 5) is 5.13. The van der Waals surface area contributed by atoms with Gasteiger partial charge in [-0.05, 0) is 43.7 Å². The Kier molecular flexibility index (Phi) is 6.31. The van der Waals surface area contributed by atoms with Gasteiger partial charge in [0.2, 0.25) is 0 Å². The number of aliphatic hydroxyl groups is 1. The SMILES string of the molecule is OCCCOC1CCN(CCN2CCCc3ccccc32)CC1. The van der Waals surface area contributed by atoms with Crippen molar-refractivity contribution in [2.24, 2.45) is 0 Å². The van der Waals surface area contributed by atoms with Gasteiger partial charge in [0.25, 0.3) is 0 Å². The molecule has 2 aliphatic heterocycles. The maximum absolute atomic E-state index is 8.81. The van der Waals surface area contributed by atoms with Gasteiger partial charge >= 0.3 is 0 Å². The van der Waals surface area contributed by atoms with Crippen LogP contribution in [0, 0.1) is 0 Å². The number of hydrogen-bond donors (Lipinski definition) is 1. The van der Waals surface area contributed by atoms with Crippen LogP contribution in [0.25, 0.3) is 0 Å². The average molecular weight is 318 g/mol. The van der Waals surface area contributed by atoms with Crippen molar-refractivity contribution >= 4 is 5.69 Å². The highest BCUT2D eigenvalue weighted by atomic mass is 16.5. The van der Waals surface area contributed by atoms with E-state index in [0.29, 0.717) is 12.7 Å². The van der Waals surface area contributed by atoms with Gasteiger partial charge < -0.3 is 19.6 Å². The molecule has 23 heavy (non-hydrogen) atoms. The predicted molar refractivity (Wildman–Crippen MR) is 94.1 cm³/mol. The van der Waals surface area contributed by atoms with Crippen LogP contribution >= 0.6 is 0 Å². The molecule has 0 saturated carbocycles. The number of nitrogens with zero attached hydrogens (tertiary/aromatic N) is 2. The van der Waals surface area contributed by atoms with Gasteiger partial charge in [0.1, 0.15) is 0 Å². The molecule has 1 fully saturated rings. The van der Waals surface area contributed by atoms with E-state index in [0.717, 1.165) is 45.4 Å². The molecule has 0 bridgehead atoms. The molecular formula is C19H30N2O2. The molecule has 128 valence electrons. The van der Waals surface area contributed by atoms with E-state index >= 15 is 0 Å². The van der Waals surface area contributed by atoms with Gasteiger partial charge in [-0.25, -0.2) is 0 Å². The number of aryl methyl sites for hydroxylation is 1. The van der Waals surface area contributed by atoms with Crippen molar-refractivity contribution in [1.29, 1.82) is 0 Å². The van der Waals surface area contributed by atoms with Crippen LogP contribution in [0.4, 0.5) is 5.69 Å². The molecule has 1 aromatic rings. The number of anilines is 1. The summed E-state index contributed by atoms with van der Waals surface area (Å²) in [5.74, 6) is 0. The van der Waals surface area contributed by atoms with Crippen LogP contribution in [0.3, 0.4) is 0 Å². The van der Waals surface area contributed by atoms with E-state index in [-0.39, 0.29) is 6.61 Å². The van der Waals surface area contributed by atoms with E-state index in [1.807, 2.05) is 0 Å². The van der Waals surface area contributed by atoms with Crippen LogP contribution in [0.1, 0.15) is 31.2 Å². The molecule has 1 aromatic carbocycles. The first-order valence-corrected chi connectivity index (χ1v) is 9.14. The van der Waals surface area contributed by atoms with Crippen molar-refractivity contribution in [3.63, 3.8) is 0 Å². The van der Waals surface area contributed by atoms with Crippen molar-refractivity contribution in [2.45, 2.75) is 38.2 Å². The van der Waals surface area contributed by atoms with E-state index in [2.05, 4.69) is 34.1 Å². The third-order valence-electron chi connectivity index (χ3n) is 5.08. The Hall–Kier alpha value is -1.10. The summed E-state index contributed by atoms with van der Waals surface area (Å²) in [6, 6.07) is 8.86. The third-order valence-corrected chi connectivity index (χ3v) is 5.08. The second kappa shape index (κ2) is 8.67. The quantitative estimate of drug-likeness (QED) is 0.783. The second-order valence-corrected chi connectivity index (χ2v) is 6.71. The van der Waals surface area contributed by atoms with Gasteiger partial charge in [-0.15, -0.1) is 0 Å². The van der Waals surface area contributed by atoms with Gasteiger partial charge in [0.15, 0.2) is 0 Å². The Labute approximate surface area is 140 Å². The summed E-state index contributed by atoms with van der Waals surface area (Å²) in [5, 5.41) is 8.81. The lowest BCUT2D eigenvalue weighted by atomic mass is 10.0. The van der Waals surface area contributed by atoms with Gasteiger partial charge in [-0.1, -0.05) is 18.2 Å². The average Bonchev–Trinajstić information content (AvgIpc) is 2.61. The molecule has 2 aliphatic rings. The number of fused-ring (bicyclic) bond motifs is 1. The Morgan fingerprint density at radius 3 is 2.74 bits per heavy atom. The number of benzene rings is 1. The molecule has 0 aliphatic carbocycles. The Morgan fingerprint density at radius 2 is 1.91 bits per heavy atom. The zero-order chi connectivity index (χ0) is 15.9. The van der Waals surface area contributed by atoms with Gasteiger partial charge in [-0.3, -0.25) is 0 Å². The predicted octanol–water partition coefficient (Wildman–Crippen LogP) is 2.30. The molecular weight excluding hydrogens is 288 g/mol. The van der Waals surface area contributed by atoms with Crippen LogP contribution in [-0.4, -0.2) is 62.0 Å². The molecule has 0 unspecified atom stereocenters. The first-order valence-electron chi connectivity index (χ1n) is 9.14. The van der Waals surface area contributed by atoms with Crippen LogP contribution in [0.5, 0.6) is 0 Å². The largest absolute Gasteiger partial charge is 0.396 e. The lowest BCUT2D eigenvalue weighted by molar-refractivity contribution is 0.00282. The summed E-state index contributed by atoms with van der Waals surface area (Å²) < 4.78 is 5.82. The summed E-state index contributed by atoms with van der Waals surface area (Å²) in [5.41, 5.74) is 2.95. The molecule has 2 heterocycles. The maximum Gasteiger partial charge on any atom is 0.0599 e. The summed E-state index contributed by atoms with van der Waals surface area (Å²) in [6.45, 7) is 6.68. The highest BCUT2D eigenvalue weighted by molar-refractivity contribution is 5.55. The Bertz CT molecular complexity index is 472. The zero-order valence-electron chi connectivity index (χ0n) is 14.1. The molecule has 1 N–H and O–H groups in total. The molecule has 0 atom stereocenters. The van der Waals surface area contributed by atoms with Crippen molar-refractivity contribution in [2.75, 3.05) is 50.8 Å².